The zero-order valence-electron chi connectivity index (χ0n) is 7.68. The van der Waals surface area contributed by atoms with Gasteiger partial charge in [0.25, 0.3) is 0 Å². The SMILES string of the molecule is NCCC(O)c1ccc2conc2c1. The summed E-state index contributed by atoms with van der Waals surface area (Å²) in [6, 6.07) is 5.56. The van der Waals surface area contributed by atoms with Gasteiger partial charge in [0, 0.05) is 5.39 Å². The van der Waals surface area contributed by atoms with Crippen molar-refractivity contribution in [3.05, 3.63) is 30.0 Å². The van der Waals surface area contributed by atoms with E-state index in [1.807, 2.05) is 18.2 Å². The van der Waals surface area contributed by atoms with Crippen LogP contribution in [0.1, 0.15) is 18.1 Å². The molecule has 4 nitrogen and oxygen atoms in total. The first-order valence-electron chi connectivity index (χ1n) is 4.53. The normalized spacial score (nSPS) is 13.3. The molecule has 0 aliphatic rings. The average molecular weight is 192 g/mol. The van der Waals surface area contributed by atoms with Crippen LogP contribution in [0.2, 0.25) is 0 Å². The number of rotatable bonds is 3. The van der Waals surface area contributed by atoms with Gasteiger partial charge in [-0.05, 0) is 30.7 Å². The smallest absolute Gasteiger partial charge is 0.131 e. The minimum absolute atomic E-state index is 0.470. The Bertz CT molecular complexity index is 425. The molecule has 1 atom stereocenters. The number of nitrogens with zero attached hydrogens (tertiary/aromatic N) is 1. The summed E-state index contributed by atoms with van der Waals surface area (Å²) in [7, 11) is 0. The van der Waals surface area contributed by atoms with Crippen molar-refractivity contribution in [3.63, 3.8) is 0 Å². The van der Waals surface area contributed by atoms with Gasteiger partial charge >= 0.3 is 0 Å². The quantitative estimate of drug-likeness (QED) is 0.766. The Hall–Kier alpha value is -1.39. The summed E-state index contributed by atoms with van der Waals surface area (Å²) in [5.41, 5.74) is 6.96. The second kappa shape index (κ2) is 3.77. The Morgan fingerprint density at radius 1 is 1.50 bits per heavy atom. The van der Waals surface area contributed by atoms with Crippen LogP contribution in [-0.4, -0.2) is 16.8 Å². The van der Waals surface area contributed by atoms with Gasteiger partial charge in [0.05, 0.1) is 6.10 Å². The van der Waals surface area contributed by atoms with E-state index in [2.05, 4.69) is 5.16 Å². The first-order valence-corrected chi connectivity index (χ1v) is 4.53. The second-order valence-electron chi connectivity index (χ2n) is 3.23. The lowest BCUT2D eigenvalue weighted by Gasteiger charge is -2.08. The molecule has 14 heavy (non-hydrogen) atoms. The van der Waals surface area contributed by atoms with Crippen molar-refractivity contribution < 1.29 is 9.63 Å². The largest absolute Gasteiger partial charge is 0.388 e. The van der Waals surface area contributed by atoms with Crippen LogP contribution < -0.4 is 5.73 Å². The third-order valence-electron chi connectivity index (χ3n) is 2.21. The topological polar surface area (TPSA) is 72.3 Å². The molecule has 0 amide bonds. The lowest BCUT2D eigenvalue weighted by Crippen LogP contribution is -2.06. The van der Waals surface area contributed by atoms with E-state index in [9.17, 15) is 5.11 Å². The Morgan fingerprint density at radius 3 is 3.14 bits per heavy atom. The van der Waals surface area contributed by atoms with Gasteiger partial charge in [-0.15, -0.1) is 0 Å². The van der Waals surface area contributed by atoms with Crippen LogP contribution in [0.25, 0.3) is 10.9 Å². The van der Waals surface area contributed by atoms with Crippen molar-refractivity contribution in [3.8, 4) is 0 Å². The van der Waals surface area contributed by atoms with E-state index < -0.39 is 6.10 Å². The van der Waals surface area contributed by atoms with Gasteiger partial charge in [-0.2, -0.15) is 0 Å². The number of hydrogen-bond donors (Lipinski definition) is 2. The fraction of sp³-hybridized carbons (Fsp3) is 0.300. The molecule has 4 heteroatoms. The van der Waals surface area contributed by atoms with E-state index in [1.165, 1.54) is 0 Å². The van der Waals surface area contributed by atoms with E-state index in [1.54, 1.807) is 6.26 Å². The molecule has 2 rings (SSSR count). The van der Waals surface area contributed by atoms with Crippen molar-refractivity contribution >= 4 is 10.9 Å². The molecule has 1 heterocycles. The minimum atomic E-state index is -0.513. The van der Waals surface area contributed by atoms with Gasteiger partial charge in [0.1, 0.15) is 11.8 Å². The molecule has 2 aromatic rings. The summed E-state index contributed by atoms with van der Waals surface area (Å²) in [5, 5.41) is 14.4. The van der Waals surface area contributed by atoms with E-state index in [0.717, 1.165) is 16.5 Å². The molecule has 0 saturated heterocycles. The van der Waals surface area contributed by atoms with Gasteiger partial charge in [0.2, 0.25) is 0 Å². The third-order valence-corrected chi connectivity index (χ3v) is 2.21. The first kappa shape index (κ1) is 9.18. The molecular weight excluding hydrogens is 180 g/mol. The van der Waals surface area contributed by atoms with Crippen molar-refractivity contribution in [2.24, 2.45) is 5.73 Å². The van der Waals surface area contributed by atoms with Crippen LogP contribution in [0.4, 0.5) is 0 Å². The zero-order chi connectivity index (χ0) is 9.97. The highest BCUT2D eigenvalue weighted by atomic mass is 16.5. The molecule has 3 N–H and O–H groups in total. The molecule has 1 aromatic heterocycles. The summed E-state index contributed by atoms with van der Waals surface area (Å²) >= 11 is 0. The van der Waals surface area contributed by atoms with Crippen molar-refractivity contribution in [1.82, 2.24) is 5.16 Å². The average Bonchev–Trinajstić information content (AvgIpc) is 2.64. The maximum atomic E-state index is 9.68. The van der Waals surface area contributed by atoms with Crippen molar-refractivity contribution in [2.75, 3.05) is 6.54 Å². The first-order chi connectivity index (χ1) is 6.81. The second-order valence-corrected chi connectivity index (χ2v) is 3.23. The van der Waals surface area contributed by atoms with Gasteiger partial charge < -0.3 is 15.4 Å². The van der Waals surface area contributed by atoms with Gasteiger partial charge in [0.15, 0.2) is 0 Å². The maximum absolute atomic E-state index is 9.68. The van der Waals surface area contributed by atoms with Gasteiger partial charge in [-0.3, -0.25) is 0 Å². The highest BCUT2D eigenvalue weighted by Gasteiger charge is 2.07. The van der Waals surface area contributed by atoms with E-state index in [-0.39, 0.29) is 0 Å². The molecule has 0 spiro atoms. The number of benzene rings is 1. The predicted molar refractivity (Wildman–Crippen MR) is 52.6 cm³/mol. The van der Waals surface area contributed by atoms with Crippen LogP contribution in [0, 0.1) is 0 Å². The molecule has 1 unspecified atom stereocenters. The van der Waals surface area contributed by atoms with E-state index >= 15 is 0 Å². The number of aliphatic hydroxyl groups is 1. The number of aliphatic hydroxyl groups excluding tert-OH is 1. The minimum Gasteiger partial charge on any atom is -0.388 e. The Morgan fingerprint density at radius 2 is 2.36 bits per heavy atom. The fourth-order valence-electron chi connectivity index (χ4n) is 1.41. The molecule has 0 aliphatic carbocycles. The van der Waals surface area contributed by atoms with Crippen LogP contribution in [0.15, 0.2) is 29.0 Å². The molecule has 0 aliphatic heterocycles. The van der Waals surface area contributed by atoms with Crippen LogP contribution >= 0.6 is 0 Å². The summed E-state index contributed by atoms with van der Waals surface area (Å²) in [6.45, 7) is 0.470. The molecule has 0 saturated carbocycles. The zero-order valence-corrected chi connectivity index (χ0v) is 7.68. The summed E-state index contributed by atoms with van der Waals surface area (Å²) in [4.78, 5) is 0. The molecule has 1 aromatic carbocycles. The number of hydrogen-bond acceptors (Lipinski definition) is 4. The monoisotopic (exact) mass is 192 g/mol. The number of nitrogens with two attached hydrogens (primary N) is 1. The predicted octanol–water partition coefficient (Wildman–Crippen LogP) is 1.21. The summed E-state index contributed by atoms with van der Waals surface area (Å²) in [6.07, 6.45) is 1.62. The van der Waals surface area contributed by atoms with Crippen LogP contribution in [0.5, 0.6) is 0 Å². The molecule has 0 radical (unpaired) electrons. The molecule has 0 fully saturated rings. The molecular formula is C10H12N2O2. The fourth-order valence-corrected chi connectivity index (χ4v) is 1.41. The highest BCUT2D eigenvalue weighted by Crippen LogP contribution is 2.20. The molecule has 74 valence electrons. The highest BCUT2D eigenvalue weighted by molar-refractivity contribution is 5.77. The maximum Gasteiger partial charge on any atom is 0.131 e. The Balaban J connectivity index is 2.33. The lowest BCUT2D eigenvalue weighted by atomic mass is 10.1. The van der Waals surface area contributed by atoms with Gasteiger partial charge in [-0.1, -0.05) is 11.2 Å². The van der Waals surface area contributed by atoms with Crippen LogP contribution in [0.3, 0.4) is 0 Å². The van der Waals surface area contributed by atoms with Gasteiger partial charge in [-0.25, -0.2) is 0 Å². The Labute approximate surface area is 81.3 Å². The number of aromatic nitrogens is 1. The van der Waals surface area contributed by atoms with Crippen LogP contribution in [-0.2, 0) is 0 Å². The van der Waals surface area contributed by atoms with Crippen molar-refractivity contribution in [1.29, 1.82) is 0 Å². The lowest BCUT2D eigenvalue weighted by molar-refractivity contribution is 0.170. The Kier molecular flexibility index (Phi) is 2.47. The third kappa shape index (κ3) is 1.62. The van der Waals surface area contributed by atoms with Crippen molar-refractivity contribution in [2.45, 2.75) is 12.5 Å². The van der Waals surface area contributed by atoms with E-state index in [4.69, 9.17) is 10.3 Å². The molecule has 0 bridgehead atoms. The van der Waals surface area contributed by atoms with E-state index in [0.29, 0.717) is 13.0 Å². The summed E-state index contributed by atoms with van der Waals surface area (Å²) < 4.78 is 4.80. The summed E-state index contributed by atoms with van der Waals surface area (Å²) in [5.74, 6) is 0. The number of fused-ring (bicyclic) bond motifs is 1. The standard InChI is InChI=1S/C10H12N2O2/c11-4-3-10(13)7-1-2-8-6-14-12-9(8)5-7/h1-2,5-6,10,13H,3-4,11H2.